The Labute approximate surface area is 83.1 Å². The molecular weight excluding hydrogens is 178 g/mol. The average Bonchev–Trinajstić information content (AvgIpc) is 2.18. The molecule has 0 radical (unpaired) electrons. The van der Waals surface area contributed by atoms with Crippen molar-refractivity contribution in [2.24, 2.45) is 0 Å². The van der Waals surface area contributed by atoms with E-state index in [1.54, 1.807) is 12.4 Å². The van der Waals surface area contributed by atoms with Crippen LogP contribution in [0.2, 0.25) is 0 Å². The highest BCUT2D eigenvalue weighted by Crippen LogP contribution is 2.25. The predicted molar refractivity (Wildman–Crippen MR) is 51.9 cm³/mol. The molecule has 0 aliphatic carbocycles. The monoisotopic (exact) mass is 191 g/mol. The number of rotatable bonds is 1. The second-order valence-corrected chi connectivity index (χ2v) is 3.65. The van der Waals surface area contributed by atoms with E-state index in [2.05, 4.69) is 4.98 Å². The van der Waals surface area contributed by atoms with E-state index in [1.807, 2.05) is 13.0 Å². The van der Waals surface area contributed by atoms with Crippen LogP contribution in [-0.2, 0) is 9.53 Å². The van der Waals surface area contributed by atoms with Gasteiger partial charge in [0, 0.05) is 25.2 Å². The van der Waals surface area contributed by atoms with Gasteiger partial charge in [0.2, 0.25) is 0 Å². The minimum absolute atomic E-state index is 0.0800. The maximum atomic E-state index is 11.2. The first kappa shape index (κ1) is 9.34. The number of nitrogens with zero attached hydrogens (tertiary/aromatic N) is 1. The highest BCUT2D eigenvalue weighted by Gasteiger charge is 2.21. The number of ether oxygens (including phenoxy) is 1. The molecule has 1 unspecified atom stereocenters. The summed E-state index contributed by atoms with van der Waals surface area (Å²) in [6, 6.07) is 2.02. The Morgan fingerprint density at radius 2 is 2.36 bits per heavy atom. The maximum Gasteiger partial charge on any atom is 0.138 e. The lowest BCUT2D eigenvalue weighted by Crippen LogP contribution is -2.19. The third-order valence-corrected chi connectivity index (χ3v) is 2.38. The number of hydrogen-bond donors (Lipinski definition) is 0. The highest BCUT2D eigenvalue weighted by molar-refractivity contribution is 5.79. The fourth-order valence-electron chi connectivity index (χ4n) is 1.65. The van der Waals surface area contributed by atoms with Gasteiger partial charge in [-0.25, -0.2) is 0 Å². The van der Waals surface area contributed by atoms with Crippen LogP contribution >= 0.6 is 0 Å². The Kier molecular flexibility index (Phi) is 2.59. The number of Topliss-reactive ketones (excluding diaryl/α,β-unsaturated/α-hetero) is 1. The first-order valence-corrected chi connectivity index (χ1v) is 4.80. The maximum absolute atomic E-state index is 11.2. The van der Waals surface area contributed by atoms with Gasteiger partial charge in [-0.1, -0.05) is 6.07 Å². The van der Waals surface area contributed by atoms with Crippen molar-refractivity contribution in [3.63, 3.8) is 0 Å². The Morgan fingerprint density at radius 3 is 3.07 bits per heavy atom. The van der Waals surface area contributed by atoms with Gasteiger partial charge >= 0.3 is 0 Å². The zero-order valence-corrected chi connectivity index (χ0v) is 8.19. The molecule has 74 valence electrons. The Balaban J connectivity index is 2.17. The van der Waals surface area contributed by atoms with Crippen LogP contribution in [0.4, 0.5) is 0 Å². The summed E-state index contributed by atoms with van der Waals surface area (Å²) in [4.78, 5) is 15.3. The topological polar surface area (TPSA) is 39.2 Å². The zero-order valence-electron chi connectivity index (χ0n) is 8.19. The number of hydrogen-bond acceptors (Lipinski definition) is 3. The number of aryl methyl sites for hydroxylation is 1. The molecular formula is C11H13NO2. The molecule has 1 aliphatic heterocycles. The van der Waals surface area contributed by atoms with Crippen LogP contribution < -0.4 is 0 Å². The van der Waals surface area contributed by atoms with E-state index in [9.17, 15) is 4.79 Å². The molecule has 0 aromatic carbocycles. The van der Waals surface area contributed by atoms with E-state index >= 15 is 0 Å². The van der Waals surface area contributed by atoms with E-state index in [0.29, 0.717) is 19.4 Å². The highest BCUT2D eigenvalue weighted by atomic mass is 16.5. The van der Waals surface area contributed by atoms with Crippen molar-refractivity contribution in [3.8, 4) is 0 Å². The molecule has 0 saturated carbocycles. The third-order valence-electron chi connectivity index (χ3n) is 2.38. The predicted octanol–water partition coefficient (Wildman–Crippen LogP) is 1.81. The van der Waals surface area contributed by atoms with Crippen LogP contribution in [0, 0.1) is 6.92 Å². The third kappa shape index (κ3) is 1.99. The zero-order chi connectivity index (χ0) is 9.97. The van der Waals surface area contributed by atoms with Crippen LogP contribution in [0.15, 0.2) is 18.5 Å². The Morgan fingerprint density at radius 1 is 1.50 bits per heavy atom. The lowest BCUT2D eigenvalue weighted by Gasteiger charge is -2.21. The van der Waals surface area contributed by atoms with Crippen molar-refractivity contribution in [2.45, 2.75) is 25.9 Å². The second-order valence-electron chi connectivity index (χ2n) is 3.65. The van der Waals surface area contributed by atoms with Crippen molar-refractivity contribution in [2.75, 3.05) is 6.61 Å². The molecule has 0 amide bonds. The summed E-state index contributed by atoms with van der Waals surface area (Å²) in [5, 5.41) is 0. The molecule has 1 fully saturated rings. The molecule has 1 aromatic rings. The molecule has 0 spiro atoms. The molecule has 14 heavy (non-hydrogen) atoms. The summed E-state index contributed by atoms with van der Waals surface area (Å²) in [5.41, 5.74) is 2.11. The van der Waals surface area contributed by atoms with Gasteiger partial charge in [-0.05, 0) is 18.1 Å². The summed E-state index contributed by atoms with van der Waals surface area (Å²) in [6.45, 7) is 2.53. The Bertz CT molecular complexity index is 349. The average molecular weight is 191 g/mol. The first-order valence-electron chi connectivity index (χ1n) is 4.80. The summed E-state index contributed by atoms with van der Waals surface area (Å²) >= 11 is 0. The number of pyridine rings is 1. The largest absolute Gasteiger partial charge is 0.373 e. The van der Waals surface area contributed by atoms with Gasteiger partial charge in [0.15, 0.2) is 0 Å². The fourth-order valence-corrected chi connectivity index (χ4v) is 1.65. The summed E-state index contributed by atoms with van der Waals surface area (Å²) in [5.74, 6) is 0.280. The minimum atomic E-state index is -0.0800. The van der Waals surface area contributed by atoms with Gasteiger partial charge in [0.1, 0.15) is 5.78 Å². The van der Waals surface area contributed by atoms with Gasteiger partial charge in [0.05, 0.1) is 12.7 Å². The van der Waals surface area contributed by atoms with E-state index in [-0.39, 0.29) is 11.9 Å². The molecule has 3 heteroatoms. The standard InChI is InChI=1S/C11H13NO2/c1-8-4-9(7-12-6-8)11-5-10(13)2-3-14-11/h4,6-7,11H,2-3,5H2,1H3. The van der Waals surface area contributed by atoms with Gasteiger partial charge in [-0.3, -0.25) is 9.78 Å². The molecule has 1 aliphatic rings. The number of carbonyl (C=O) groups excluding carboxylic acids is 1. The molecule has 0 bridgehead atoms. The van der Waals surface area contributed by atoms with E-state index in [1.165, 1.54) is 0 Å². The summed E-state index contributed by atoms with van der Waals surface area (Å²) in [6.07, 6.45) is 4.54. The van der Waals surface area contributed by atoms with E-state index in [0.717, 1.165) is 11.1 Å². The lowest BCUT2D eigenvalue weighted by molar-refractivity contribution is -0.128. The van der Waals surface area contributed by atoms with Crippen molar-refractivity contribution in [1.82, 2.24) is 4.98 Å². The Hall–Kier alpha value is -1.22. The summed E-state index contributed by atoms with van der Waals surface area (Å²) in [7, 11) is 0. The van der Waals surface area contributed by atoms with Crippen LogP contribution in [0.25, 0.3) is 0 Å². The van der Waals surface area contributed by atoms with Crippen molar-refractivity contribution in [1.29, 1.82) is 0 Å². The normalized spacial score (nSPS) is 22.4. The number of ketones is 1. The quantitative estimate of drug-likeness (QED) is 0.679. The molecule has 0 N–H and O–H groups in total. The van der Waals surface area contributed by atoms with Crippen molar-refractivity contribution < 1.29 is 9.53 Å². The van der Waals surface area contributed by atoms with Gasteiger partial charge < -0.3 is 4.74 Å². The van der Waals surface area contributed by atoms with Crippen LogP contribution in [0.5, 0.6) is 0 Å². The SMILES string of the molecule is Cc1cncc(C2CC(=O)CCO2)c1. The molecule has 3 nitrogen and oxygen atoms in total. The van der Waals surface area contributed by atoms with Gasteiger partial charge in [-0.15, -0.1) is 0 Å². The lowest BCUT2D eigenvalue weighted by atomic mass is 10.0. The molecule has 1 saturated heterocycles. The molecule has 2 heterocycles. The van der Waals surface area contributed by atoms with Crippen LogP contribution in [0.3, 0.4) is 0 Å². The van der Waals surface area contributed by atoms with Crippen molar-refractivity contribution in [3.05, 3.63) is 29.6 Å². The van der Waals surface area contributed by atoms with Gasteiger partial charge in [-0.2, -0.15) is 0 Å². The van der Waals surface area contributed by atoms with Crippen LogP contribution in [0.1, 0.15) is 30.1 Å². The van der Waals surface area contributed by atoms with E-state index < -0.39 is 0 Å². The van der Waals surface area contributed by atoms with Gasteiger partial charge in [0.25, 0.3) is 0 Å². The fraction of sp³-hybridized carbons (Fsp3) is 0.455. The summed E-state index contributed by atoms with van der Waals surface area (Å²) < 4.78 is 5.53. The molecule has 1 aromatic heterocycles. The van der Waals surface area contributed by atoms with Crippen LogP contribution in [-0.4, -0.2) is 17.4 Å². The minimum Gasteiger partial charge on any atom is -0.373 e. The molecule has 1 atom stereocenters. The van der Waals surface area contributed by atoms with Crippen molar-refractivity contribution >= 4 is 5.78 Å². The number of carbonyl (C=O) groups is 1. The first-order chi connectivity index (χ1) is 6.75. The second kappa shape index (κ2) is 3.88. The smallest absolute Gasteiger partial charge is 0.138 e. The number of aromatic nitrogens is 1. The van der Waals surface area contributed by atoms with E-state index in [4.69, 9.17) is 4.74 Å². The molecule has 2 rings (SSSR count).